The molecule has 3 aliphatic heterocycles. The van der Waals surface area contributed by atoms with Crippen molar-refractivity contribution < 1.29 is 4.74 Å². The van der Waals surface area contributed by atoms with Crippen LogP contribution < -0.4 is 15.5 Å². The summed E-state index contributed by atoms with van der Waals surface area (Å²) in [5.74, 6) is 1.71. The van der Waals surface area contributed by atoms with Gasteiger partial charge in [0, 0.05) is 61.3 Å². The van der Waals surface area contributed by atoms with E-state index in [0.29, 0.717) is 28.8 Å². The van der Waals surface area contributed by atoms with E-state index < -0.39 is 0 Å². The summed E-state index contributed by atoms with van der Waals surface area (Å²) in [5.41, 5.74) is 3.28. The molecule has 0 bridgehead atoms. The predicted octanol–water partition coefficient (Wildman–Crippen LogP) is 4.12. The van der Waals surface area contributed by atoms with E-state index >= 15 is 0 Å². The highest BCUT2D eigenvalue weighted by Crippen LogP contribution is 2.28. The molecule has 0 amide bonds. The Morgan fingerprint density at radius 1 is 1.12 bits per heavy atom. The van der Waals surface area contributed by atoms with E-state index in [2.05, 4.69) is 27.5 Å². The minimum atomic E-state index is 0.333. The lowest BCUT2D eigenvalue weighted by Crippen LogP contribution is -2.43. The first kappa shape index (κ1) is 24.1. The van der Waals surface area contributed by atoms with Gasteiger partial charge in [-0.05, 0) is 57.0 Å². The monoisotopic (exact) mass is 504 g/mol. The van der Waals surface area contributed by atoms with Gasteiger partial charge in [-0.1, -0.05) is 29.3 Å². The Bertz CT molecular complexity index is 998. The summed E-state index contributed by atoms with van der Waals surface area (Å²) in [7, 11) is 2.19. The number of fused-ring (bicyclic) bond motifs is 1. The number of aromatic nitrogens is 2. The molecule has 1 aromatic carbocycles. The second kappa shape index (κ2) is 11.0. The third kappa shape index (κ3) is 5.77. The van der Waals surface area contributed by atoms with Crippen molar-refractivity contribution in [3.05, 3.63) is 45.1 Å². The van der Waals surface area contributed by atoms with E-state index in [1.807, 2.05) is 12.1 Å². The fourth-order valence-corrected chi connectivity index (χ4v) is 5.63. The second-order valence-electron chi connectivity index (χ2n) is 9.66. The molecule has 7 nitrogen and oxygen atoms in total. The number of piperidine rings is 2. The highest BCUT2D eigenvalue weighted by atomic mass is 35.5. The molecule has 184 valence electrons. The highest BCUT2D eigenvalue weighted by Gasteiger charge is 2.27. The molecule has 2 saturated heterocycles. The van der Waals surface area contributed by atoms with Crippen LogP contribution in [0.4, 0.5) is 11.8 Å². The number of hydrogen-bond donors (Lipinski definition) is 2. The molecule has 3 aliphatic rings. The second-order valence-corrected chi connectivity index (χ2v) is 10.5. The average Bonchev–Trinajstić information content (AvgIpc) is 2.84. The molecule has 0 radical (unpaired) electrons. The van der Waals surface area contributed by atoms with Gasteiger partial charge >= 0.3 is 0 Å². The lowest BCUT2D eigenvalue weighted by atomic mass is 10.1. The van der Waals surface area contributed by atoms with Crippen molar-refractivity contribution in [3.63, 3.8) is 0 Å². The van der Waals surface area contributed by atoms with E-state index in [-0.39, 0.29) is 0 Å². The van der Waals surface area contributed by atoms with Crippen LogP contribution in [-0.4, -0.2) is 66.8 Å². The van der Waals surface area contributed by atoms with Crippen LogP contribution in [0.3, 0.4) is 0 Å². The molecule has 5 rings (SSSR count). The summed E-state index contributed by atoms with van der Waals surface area (Å²) < 4.78 is 6.46. The summed E-state index contributed by atoms with van der Waals surface area (Å²) >= 11 is 12.4. The van der Waals surface area contributed by atoms with Gasteiger partial charge in [-0.2, -0.15) is 4.98 Å². The zero-order chi connectivity index (χ0) is 23.5. The van der Waals surface area contributed by atoms with E-state index in [0.717, 1.165) is 80.6 Å². The number of likely N-dealkylation sites (N-methyl/N-ethyl adjacent to an activating group) is 1. The van der Waals surface area contributed by atoms with Crippen molar-refractivity contribution in [2.45, 2.75) is 57.4 Å². The summed E-state index contributed by atoms with van der Waals surface area (Å²) in [4.78, 5) is 14.6. The third-order valence-electron chi connectivity index (χ3n) is 7.07. The van der Waals surface area contributed by atoms with Crippen LogP contribution in [0.2, 0.25) is 10.0 Å². The summed E-state index contributed by atoms with van der Waals surface area (Å²) in [5, 5.41) is 8.27. The molecule has 1 aromatic heterocycles. The van der Waals surface area contributed by atoms with Gasteiger partial charge in [0.25, 0.3) is 0 Å². The average molecular weight is 505 g/mol. The summed E-state index contributed by atoms with van der Waals surface area (Å²) in [6.07, 6.45) is 6.07. The Morgan fingerprint density at radius 3 is 2.76 bits per heavy atom. The molecule has 1 unspecified atom stereocenters. The lowest BCUT2D eigenvalue weighted by Gasteiger charge is -2.37. The Kier molecular flexibility index (Phi) is 7.76. The zero-order valence-corrected chi connectivity index (χ0v) is 21.3. The molecule has 2 aromatic rings. The maximum absolute atomic E-state index is 6.46. The highest BCUT2D eigenvalue weighted by molar-refractivity contribution is 6.35. The third-order valence-corrected chi connectivity index (χ3v) is 7.66. The number of anilines is 2. The Labute approximate surface area is 212 Å². The molecule has 0 spiro atoms. The van der Waals surface area contributed by atoms with Crippen LogP contribution in [-0.2, 0) is 24.2 Å². The number of nitrogens with one attached hydrogen (secondary N) is 2. The summed E-state index contributed by atoms with van der Waals surface area (Å²) in [6.45, 7) is 6.39. The minimum absolute atomic E-state index is 0.333. The molecule has 0 saturated carbocycles. The smallest absolute Gasteiger partial charge is 0.227 e. The van der Waals surface area contributed by atoms with Gasteiger partial charge in [-0.15, -0.1) is 0 Å². The standard InChI is InChI=1S/C25H34Cl2N6O/c1-32-10-2-3-20(16-32)34-19-7-11-33(12-8-19)25-30-23-6-9-28-15-21(23)24(31-25)29-14-17-4-5-18(26)13-22(17)27/h4-5,13,19-20,28H,2-3,6-12,14-16H2,1H3,(H,29,30,31). The summed E-state index contributed by atoms with van der Waals surface area (Å²) in [6, 6.07) is 5.60. The Morgan fingerprint density at radius 2 is 1.97 bits per heavy atom. The first-order chi connectivity index (χ1) is 16.5. The number of rotatable bonds is 6. The van der Waals surface area contributed by atoms with E-state index in [1.165, 1.54) is 19.4 Å². The quantitative estimate of drug-likeness (QED) is 0.613. The largest absolute Gasteiger partial charge is 0.374 e. The Balaban J connectivity index is 1.26. The van der Waals surface area contributed by atoms with Crippen molar-refractivity contribution >= 4 is 35.0 Å². The lowest BCUT2D eigenvalue weighted by molar-refractivity contribution is -0.0521. The van der Waals surface area contributed by atoms with Crippen molar-refractivity contribution in [3.8, 4) is 0 Å². The number of likely N-dealkylation sites (tertiary alicyclic amines) is 1. The maximum atomic E-state index is 6.46. The molecular formula is C25H34Cl2N6O. The van der Waals surface area contributed by atoms with E-state index in [1.54, 1.807) is 6.07 Å². The van der Waals surface area contributed by atoms with Crippen LogP contribution in [0.5, 0.6) is 0 Å². The molecule has 9 heteroatoms. The van der Waals surface area contributed by atoms with Crippen LogP contribution >= 0.6 is 23.2 Å². The zero-order valence-electron chi connectivity index (χ0n) is 19.8. The number of nitrogens with zero attached hydrogens (tertiary/aromatic N) is 4. The van der Waals surface area contributed by atoms with Crippen molar-refractivity contribution in [2.75, 3.05) is 50.0 Å². The van der Waals surface area contributed by atoms with Crippen molar-refractivity contribution in [1.29, 1.82) is 0 Å². The number of benzene rings is 1. The fourth-order valence-electron chi connectivity index (χ4n) is 5.16. The molecule has 0 aliphatic carbocycles. The van der Waals surface area contributed by atoms with Crippen LogP contribution in [0.25, 0.3) is 0 Å². The predicted molar refractivity (Wildman–Crippen MR) is 138 cm³/mol. The van der Waals surface area contributed by atoms with Gasteiger partial charge in [0.2, 0.25) is 5.95 Å². The van der Waals surface area contributed by atoms with Gasteiger partial charge in [0.15, 0.2) is 0 Å². The Hall–Kier alpha value is -1.64. The van der Waals surface area contributed by atoms with E-state index in [4.69, 9.17) is 37.9 Å². The molecule has 34 heavy (non-hydrogen) atoms. The molecule has 2 fully saturated rings. The number of ether oxygens (including phenoxy) is 1. The van der Waals surface area contributed by atoms with Gasteiger partial charge in [0.05, 0.1) is 17.9 Å². The number of halogens is 2. The van der Waals surface area contributed by atoms with Gasteiger partial charge in [0.1, 0.15) is 5.82 Å². The SMILES string of the molecule is CN1CCCC(OC2CCN(c3nc4c(c(NCc5ccc(Cl)cc5Cl)n3)CNCC4)CC2)C1. The maximum Gasteiger partial charge on any atom is 0.227 e. The first-order valence-corrected chi connectivity index (χ1v) is 13.2. The van der Waals surface area contributed by atoms with Crippen LogP contribution in [0.15, 0.2) is 18.2 Å². The van der Waals surface area contributed by atoms with Crippen molar-refractivity contribution in [2.24, 2.45) is 0 Å². The van der Waals surface area contributed by atoms with E-state index in [9.17, 15) is 0 Å². The molecule has 1 atom stereocenters. The molecular weight excluding hydrogens is 471 g/mol. The van der Waals surface area contributed by atoms with Crippen molar-refractivity contribution in [1.82, 2.24) is 20.2 Å². The van der Waals surface area contributed by atoms with Gasteiger partial charge in [-0.25, -0.2) is 4.98 Å². The topological polar surface area (TPSA) is 65.5 Å². The first-order valence-electron chi connectivity index (χ1n) is 12.4. The molecule has 2 N–H and O–H groups in total. The van der Waals surface area contributed by atoms with Gasteiger partial charge in [-0.3, -0.25) is 0 Å². The molecule has 4 heterocycles. The fraction of sp³-hybridized carbons (Fsp3) is 0.600. The normalized spacial score (nSPS) is 22.0. The van der Waals surface area contributed by atoms with Crippen LogP contribution in [0.1, 0.15) is 42.5 Å². The minimum Gasteiger partial charge on any atom is -0.374 e. The number of hydrogen-bond acceptors (Lipinski definition) is 7. The van der Waals surface area contributed by atoms with Crippen LogP contribution in [0, 0.1) is 0 Å². The van der Waals surface area contributed by atoms with Gasteiger partial charge < -0.3 is 25.2 Å².